The molecule has 2 fully saturated rings. The number of rotatable bonds is 2. The Hall–Kier alpha value is -0.720. The smallest absolute Gasteiger partial charge is 0.250 e. The van der Waals surface area contributed by atoms with E-state index < -0.39 is 34.0 Å². The van der Waals surface area contributed by atoms with Crippen molar-refractivity contribution in [2.75, 3.05) is 24.6 Å². The Morgan fingerprint density at radius 2 is 1.63 bits per heavy atom. The molecule has 0 aromatic rings. The number of hydrogen-bond acceptors (Lipinski definition) is 3. The number of alkyl halides is 2. The van der Waals surface area contributed by atoms with Crippen LogP contribution in [0.25, 0.3) is 0 Å². The third-order valence-corrected chi connectivity index (χ3v) is 5.92. The summed E-state index contributed by atoms with van der Waals surface area (Å²) < 4.78 is 49.0. The van der Waals surface area contributed by atoms with Gasteiger partial charge in [-0.3, -0.25) is 4.79 Å². The highest BCUT2D eigenvalue weighted by molar-refractivity contribution is 7.91. The van der Waals surface area contributed by atoms with Gasteiger partial charge in [-0.25, -0.2) is 17.2 Å². The SMILES string of the molecule is CC(C)C1(C(=O)N2CCS(=O)(=O)CC2)CC(F)(F)C1. The van der Waals surface area contributed by atoms with Crippen molar-refractivity contribution in [3.05, 3.63) is 0 Å². The monoisotopic (exact) mass is 295 g/mol. The minimum atomic E-state index is -3.07. The van der Waals surface area contributed by atoms with Crippen LogP contribution in [0.2, 0.25) is 0 Å². The largest absolute Gasteiger partial charge is 0.340 e. The zero-order valence-electron chi connectivity index (χ0n) is 11.2. The molecule has 110 valence electrons. The fourth-order valence-corrected chi connectivity index (χ4v) is 4.11. The number of sulfone groups is 1. The quantitative estimate of drug-likeness (QED) is 0.772. The van der Waals surface area contributed by atoms with E-state index in [4.69, 9.17) is 0 Å². The van der Waals surface area contributed by atoms with Gasteiger partial charge in [0.25, 0.3) is 0 Å². The Balaban J connectivity index is 2.11. The van der Waals surface area contributed by atoms with E-state index in [9.17, 15) is 22.0 Å². The van der Waals surface area contributed by atoms with E-state index in [1.165, 1.54) is 4.90 Å². The molecule has 2 aliphatic rings. The van der Waals surface area contributed by atoms with E-state index in [-0.39, 0.29) is 36.4 Å². The van der Waals surface area contributed by atoms with E-state index in [1.807, 2.05) is 0 Å². The maximum Gasteiger partial charge on any atom is 0.250 e. The lowest BCUT2D eigenvalue weighted by atomic mass is 9.59. The molecule has 1 amide bonds. The summed E-state index contributed by atoms with van der Waals surface area (Å²) in [7, 11) is -3.07. The third-order valence-electron chi connectivity index (χ3n) is 4.31. The zero-order chi connectivity index (χ0) is 14.5. The van der Waals surface area contributed by atoms with Crippen LogP contribution in [0.5, 0.6) is 0 Å². The summed E-state index contributed by atoms with van der Waals surface area (Å²) in [5.41, 5.74) is -1.01. The van der Waals surface area contributed by atoms with Gasteiger partial charge in [-0.05, 0) is 5.92 Å². The molecule has 1 saturated carbocycles. The Bertz CT molecular complexity index is 465. The molecular weight excluding hydrogens is 276 g/mol. The van der Waals surface area contributed by atoms with E-state index >= 15 is 0 Å². The zero-order valence-corrected chi connectivity index (χ0v) is 12.0. The number of carbonyl (C=O) groups is 1. The van der Waals surface area contributed by atoms with E-state index in [2.05, 4.69) is 0 Å². The van der Waals surface area contributed by atoms with Crippen LogP contribution < -0.4 is 0 Å². The molecule has 0 N–H and O–H groups in total. The predicted octanol–water partition coefficient (Wildman–Crippen LogP) is 1.31. The molecule has 4 nitrogen and oxygen atoms in total. The first-order valence-electron chi connectivity index (χ1n) is 6.46. The molecule has 19 heavy (non-hydrogen) atoms. The van der Waals surface area contributed by atoms with Crippen LogP contribution in [-0.4, -0.2) is 49.7 Å². The van der Waals surface area contributed by atoms with Gasteiger partial charge in [0, 0.05) is 25.9 Å². The number of hydrogen-bond donors (Lipinski definition) is 0. The van der Waals surface area contributed by atoms with Crippen LogP contribution >= 0.6 is 0 Å². The molecule has 0 atom stereocenters. The molecular formula is C12H19F2NO3S. The van der Waals surface area contributed by atoms with E-state index in [1.54, 1.807) is 13.8 Å². The van der Waals surface area contributed by atoms with Crippen LogP contribution in [0.1, 0.15) is 26.7 Å². The first-order chi connectivity index (χ1) is 8.58. The van der Waals surface area contributed by atoms with Gasteiger partial charge in [0.1, 0.15) is 0 Å². The predicted molar refractivity (Wildman–Crippen MR) is 66.7 cm³/mol. The van der Waals surface area contributed by atoms with Gasteiger partial charge in [-0.2, -0.15) is 0 Å². The van der Waals surface area contributed by atoms with E-state index in [0.29, 0.717) is 0 Å². The number of halogens is 2. The first kappa shape index (κ1) is 14.7. The van der Waals surface area contributed by atoms with Crippen LogP contribution in [0.4, 0.5) is 8.78 Å². The third kappa shape index (κ3) is 2.61. The Morgan fingerprint density at radius 3 is 2.00 bits per heavy atom. The minimum absolute atomic E-state index is 0.0662. The highest BCUT2D eigenvalue weighted by Gasteiger charge is 2.63. The molecule has 1 aliphatic carbocycles. The molecule has 1 saturated heterocycles. The Kier molecular flexibility index (Phi) is 3.40. The number of amides is 1. The summed E-state index contributed by atoms with van der Waals surface area (Å²) in [6.45, 7) is 3.80. The van der Waals surface area contributed by atoms with Crippen molar-refractivity contribution >= 4 is 15.7 Å². The molecule has 1 heterocycles. The molecule has 0 spiro atoms. The number of nitrogens with zero attached hydrogens (tertiary/aromatic N) is 1. The van der Waals surface area contributed by atoms with Crippen molar-refractivity contribution < 1.29 is 22.0 Å². The second-order valence-electron chi connectivity index (χ2n) is 5.96. The van der Waals surface area contributed by atoms with E-state index in [0.717, 1.165) is 0 Å². The number of carbonyl (C=O) groups excluding carboxylic acids is 1. The maximum absolute atomic E-state index is 13.2. The van der Waals surface area contributed by atoms with Crippen molar-refractivity contribution in [1.82, 2.24) is 4.90 Å². The topological polar surface area (TPSA) is 54.5 Å². The lowest BCUT2D eigenvalue weighted by molar-refractivity contribution is -0.198. The summed E-state index contributed by atoms with van der Waals surface area (Å²) in [6, 6.07) is 0. The average molecular weight is 295 g/mol. The van der Waals surface area contributed by atoms with Gasteiger partial charge in [-0.15, -0.1) is 0 Å². The summed E-state index contributed by atoms with van der Waals surface area (Å²) in [5, 5.41) is 0. The van der Waals surface area contributed by atoms with Crippen LogP contribution in [0.3, 0.4) is 0 Å². The molecule has 7 heteroatoms. The van der Waals surface area contributed by atoms with Gasteiger partial charge < -0.3 is 4.90 Å². The highest BCUT2D eigenvalue weighted by Crippen LogP contribution is 2.57. The minimum Gasteiger partial charge on any atom is -0.340 e. The van der Waals surface area contributed by atoms with Gasteiger partial charge in [0.2, 0.25) is 11.8 Å². The van der Waals surface area contributed by atoms with Crippen molar-refractivity contribution in [3.8, 4) is 0 Å². The fraction of sp³-hybridized carbons (Fsp3) is 0.917. The van der Waals surface area contributed by atoms with Crippen molar-refractivity contribution in [2.24, 2.45) is 11.3 Å². The van der Waals surface area contributed by atoms with Gasteiger partial charge in [0.05, 0.1) is 16.9 Å². The lowest BCUT2D eigenvalue weighted by Gasteiger charge is -2.51. The van der Waals surface area contributed by atoms with Gasteiger partial charge in [0.15, 0.2) is 9.84 Å². The second-order valence-corrected chi connectivity index (χ2v) is 8.27. The van der Waals surface area contributed by atoms with Crippen LogP contribution in [-0.2, 0) is 14.6 Å². The molecule has 0 aromatic heterocycles. The molecule has 0 unspecified atom stereocenters. The average Bonchev–Trinajstić information content (AvgIpc) is 2.24. The molecule has 0 aromatic carbocycles. The Labute approximate surface area is 112 Å². The second kappa shape index (κ2) is 4.40. The van der Waals surface area contributed by atoms with Crippen LogP contribution in [0, 0.1) is 11.3 Å². The molecule has 1 aliphatic heterocycles. The first-order valence-corrected chi connectivity index (χ1v) is 8.28. The summed E-state index contributed by atoms with van der Waals surface area (Å²) >= 11 is 0. The molecule has 0 radical (unpaired) electrons. The van der Waals surface area contributed by atoms with Crippen molar-refractivity contribution in [3.63, 3.8) is 0 Å². The molecule has 0 bridgehead atoms. The fourth-order valence-electron chi connectivity index (χ4n) is 2.91. The maximum atomic E-state index is 13.2. The van der Waals surface area contributed by atoms with Crippen molar-refractivity contribution in [1.29, 1.82) is 0 Å². The van der Waals surface area contributed by atoms with Crippen molar-refractivity contribution in [2.45, 2.75) is 32.6 Å². The van der Waals surface area contributed by atoms with Gasteiger partial charge >= 0.3 is 0 Å². The normalized spacial score (nSPS) is 27.9. The highest BCUT2D eigenvalue weighted by atomic mass is 32.2. The summed E-state index contributed by atoms with van der Waals surface area (Å²) in [5.74, 6) is -3.37. The summed E-state index contributed by atoms with van der Waals surface area (Å²) in [6.07, 6.45) is -0.834. The lowest BCUT2D eigenvalue weighted by Crippen LogP contribution is -2.60. The summed E-state index contributed by atoms with van der Waals surface area (Å²) in [4.78, 5) is 13.9. The van der Waals surface area contributed by atoms with Crippen LogP contribution in [0.15, 0.2) is 0 Å². The molecule has 2 rings (SSSR count). The Morgan fingerprint density at radius 1 is 1.16 bits per heavy atom. The standard InChI is InChI=1S/C12H19F2NO3S/c1-9(2)11(7-12(13,14)8-11)10(16)15-3-5-19(17,18)6-4-15/h9H,3-8H2,1-2H3. The van der Waals surface area contributed by atoms with Gasteiger partial charge in [-0.1, -0.05) is 13.8 Å².